The van der Waals surface area contributed by atoms with Gasteiger partial charge in [-0.2, -0.15) is 0 Å². The highest BCUT2D eigenvalue weighted by molar-refractivity contribution is 4.86. The highest BCUT2D eigenvalue weighted by Crippen LogP contribution is 2.28. The lowest BCUT2D eigenvalue weighted by Crippen LogP contribution is -2.51. The van der Waals surface area contributed by atoms with Crippen LogP contribution in [0.3, 0.4) is 0 Å². The SMILES string of the molecule is CCCC1CC(N)CN(C2CCCCC2)C1. The topological polar surface area (TPSA) is 29.3 Å². The number of hydrogen-bond donors (Lipinski definition) is 1. The molecule has 0 aromatic rings. The van der Waals surface area contributed by atoms with Gasteiger partial charge in [-0.15, -0.1) is 0 Å². The molecule has 2 nitrogen and oxygen atoms in total. The van der Waals surface area contributed by atoms with E-state index >= 15 is 0 Å². The minimum atomic E-state index is 0.437. The van der Waals surface area contributed by atoms with Gasteiger partial charge in [0.1, 0.15) is 0 Å². The van der Waals surface area contributed by atoms with Crippen LogP contribution in [0.25, 0.3) is 0 Å². The lowest BCUT2D eigenvalue weighted by atomic mass is 9.87. The predicted octanol–water partition coefficient (Wildman–Crippen LogP) is 2.77. The predicted molar refractivity (Wildman–Crippen MR) is 69.4 cm³/mol. The highest BCUT2D eigenvalue weighted by atomic mass is 15.2. The average Bonchev–Trinajstić information content (AvgIpc) is 2.30. The number of likely N-dealkylation sites (tertiary alicyclic amines) is 1. The van der Waals surface area contributed by atoms with Crippen LogP contribution in [0.2, 0.25) is 0 Å². The number of piperidine rings is 1. The Hall–Kier alpha value is -0.0800. The highest BCUT2D eigenvalue weighted by Gasteiger charge is 2.29. The number of nitrogens with two attached hydrogens (primary N) is 1. The summed E-state index contributed by atoms with van der Waals surface area (Å²) in [6.07, 6.45) is 11.1. The Morgan fingerprint density at radius 1 is 1.12 bits per heavy atom. The summed E-state index contributed by atoms with van der Waals surface area (Å²) in [5.41, 5.74) is 6.21. The van der Waals surface area contributed by atoms with E-state index < -0.39 is 0 Å². The van der Waals surface area contributed by atoms with Crippen molar-refractivity contribution in [2.45, 2.75) is 70.4 Å². The van der Waals surface area contributed by atoms with Crippen molar-refractivity contribution >= 4 is 0 Å². The summed E-state index contributed by atoms with van der Waals surface area (Å²) < 4.78 is 0. The van der Waals surface area contributed by atoms with Crippen LogP contribution >= 0.6 is 0 Å². The van der Waals surface area contributed by atoms with Crippen LogP contribution in [0.15, 0.2) is 0 Å². The first kappa shape index (κ1) is 12.4. The summed E-state index contributed by atoms with van der Waals surface area (Å²) >= 11 is 0. The van der Waals surface area contributed by atoms with Gasteiger partial charge >= 0.3 is 0 Å². The van der Waals surface area contributed by atoms with Crippen molar-refractivity contribution in [3.63, 3.8) is 0 Å². The van der Waals surface area contributed by atoms with Crippen LogP contribution in [0, 0.1) is 5.92 Å². The van der Waals surface area contributed by atoms with E-state index in [1.54, 1.807) is 0 Å². The van der Waals surface area contributed by atoms with E-state index in [-0.39, 0.29) is 0 Å². The molecule has 0 aromatic heterocycles. The van der Waals surface area contributed by atoms with Gasteiger partial charge in [-0.3, -0.25) is 4.90 Å². The molecule has 0 radical (unpaired) electrons. The molecule has 0 spiro atoms. The lowest BCUT2D eigenvalue weighted by Gasteiger charge is -2.42. The van der Waals surface area contributed by atoms with E-state index in [1.807, 2.05) is 0 Å². The first-order valence-corrected chi connectivity index (χ1v) is 7.29. The van der Waals surface area contributed by atoms with Crippen LogP contribution in [0.1, 0.15) is 58.3 Å². The van der Waals surface area contributed by atoms with Gasteiger partial charge in [-0.1, -0.05) is 32.6 Å². The van der Waals surface area contributed by atoms with Gasteiger partial charge < -0.3 is 5.73 Å². The normalized spacial score (nSPS) is 34.1. The molecule has 16 heavy (non-hydrogen) atoms. The molecule has 2 aliphatic rings. The van der Waals surface area contributed by atoms with Crippen molar-refractivity contribution in [1.82, 2.24) is 4.90 Å². The van der Waals surface area contributed by atoms with Gasteiger partial charge in [-0.25, -0.2) is 0 Å². The molecule has 0 bridgehead atoms. The third-order valence-electron chi connectivity index (χ3n) is 4.39. The summed E-state index contributed by atoms with van der Waals surface area (Å²) in [6.45, 7) is 4.78. The van der Waals surface area contributed by atoms with Crippen LogP contribution in [-0.4, -0.2) is 30.1 Å². The maximum atomic E-state index is 6.21. The molecular formula is C14H28N2. The van der Waals surface area contributed by atoms with Crippen molar-refractivity contribution in [3.05, 3.63) is 0 Å². The molecule has 0 aromatic carbocycles. The summed E-state index contributed by atoms with van der Waals surface area (Å²) in [7, 11) is 0. The van der Waals surface area contributed by atoms with E-state index in [0.29, 0.717) is 6.04 Å². The number of rotatable bonds is 3. The number of hydrogen-bond acceptors (Lipinski definition) is 2. The van der Waals surface area contributed by atoms with Gasteiger partial charge in [0.25, 0.3) is 0 Å². The second-order valence-corrected chi connectivity index (χ2v) is 5.90. The Bertz CT molecular complexity index is 199. The van der Waals surface area contributed by atoms with Gasteiger partial charge in [0, 0.05) is 25.2 Å². The zero-order valence-electron chi connectivity index (χ0n) is 10.8. The molecule has 1 saturated heterocycles. The third kappa shape index (κ3) is 3.21. The molecule has 2 unspecified atom stereocenters. The van der Waals surface area contributed by atoms with E-state index in [9.17, 15) is 0 Å². The largest absolute Gasteiger partial charge is 0.327 e. The Balaban J connectivity index is 1.87. The second-order valence-electron chi connectivity index (χ2n) is 5.90. The quantitative estimate of drug-likeness (QED) is 0.798. The van der Waals surface area contributed by atoms with Crippen LogP contribution in [0.5, 0.6) is 0 Å². The molecule has 94 valence electrons. The number of nitrogens with zero attached hydrogens (tertiary/aromatic N) is 1. The Labute approximate surface area is 101 Å². The van der Waals surface area contributed by atoms with Crippen molar-refractivity contribution in [1.29, 1.82) is 0 Å². The average molecular weight is 224 g/mol. The Morgan fingerprint density at radius 3 is 2.56 bits per heavy atom. The molecule has 1 aliphatic heterocycles. The van der Waals surface area contributed by atoms with Crippen molar-refractivity contribution in [2.24, 2.45) is 11.7 Å². The summed E-state index contributed by atoms with van der Waals surface area (Å²) in [5, 5.41) is 0. The van der Waals surface area contributed by atoms with Crippen LogP contribution in [0.4, 0.5) is 0 Å². The first-order valence-electron chi connectivity index (χ1n) is 7.29. The van der Waals surface area contributed by atoms with Crippen molar-refractivity contribution in [3.8, 4) is 0 Å². The molecule has 2 N–H and O–H groups in total. The van der Waals surface area contributed by atoms with E-state index in [2.05, 4.69) is 11.8 Å². The fourth-order valence-electron chi connectivity index (χ4n) is 3.65. The van der Waals surface area contributed by atoms with Gasteiger partial charge in [0.2, 0.25) is 0 Å². The molecule has 2 atom stereocenters. The smallest absolute Gasteiger partial charge is 0.0171 e. The van der Waals surface area contributed by atoms with E-state index in [4.69, 9.17) is 5.73 Å². The maximum absolute atomic E-state index is 6.21. The Morgan fingerprint density at radius 2 is 1.88 bits per heavy atom. The molecule has 2 fully saturated rings. The van der Waals surface area contributed by atoms with Crippen LogP contribution in [-0.2, 0) is 0 Å². The van der Waals surface area contributed by atoms with Gasteiger partial charge in [0.05, 0.1) is 0 Å². The molecule has 2 rings (SSSR count). The first-order chi connectivity index (χ1) is 7.79. The van der Waals surface area contributed by atoms with E-state index in [1.165, 1.54) is 57.9 Å². The van der Waals surface area contributed by atoms with Crippen molar-refractivity contribution in [2.75, 3.05) is 13.1 Å². The van der Waals surface area contributed by atoms with Gasteiger partial charge in [0.15, 0.2) is 0 Å². The zero-order chi connectivity index (χ0) is 11.4. The van der Waals surface area contributed by atoms with Gasteiger partial charge in [-0.05, 0) is 31.6 Å². The molecule has 1 aliphatic carbocycles. The summed E-state index contributed by atoms with van der Waals surface area (Å²) in [5.74, 6) is 0.871. The molecule has 0 amide bonds. The summed E-state index contributed by atoms with van der Waals surface area (Å²) in [6, 6.07) is 1.30. The molecule has 1 saturated carbocycles. The molecule has 1 heterocycles. The van der Waals surface area contributed by atoms with Crippen molar-refractivity contribution < 1.29 is 0 Å². The third-order valence-corrected chi connectivity index (χ3v) is 4.39. The minimum Gasteiger partial charge on any atom is -0.327 e. The van der Waals surface area contributed by atoms with Crippen LogP contribution < -0.4 is 5.73 Å². The second kappa shape index (κ2) is 6.02. The summed E-state index contributed by atoms with van der Waals surface area (Å²) in [4.78, 5) is 2.72. The Kier molecular flexibility index (Phi) is 4.66. The fraction of sp³-hybridized carbons (Fsp3) is 1.00. The maximum Gasteiger partial charge on any atom is 0.0171 e. The fourth-order valence-corrected chi connectivity index (χ4v) is 3.65. The lowest BCUT2D eigenvalue weighted by molar-refractivity contribution is 0.0838. The zero-order valence-corrected chi connectivity index (χ0v) is 10.8. The molecular weight excluding hydrogens is 196 g/mol. The monoisotopic (exact) mass is 224 g/mol. The minimum absolute atomic E-state index is 0.437. The molecule has 2 heteroatoms. The standard InChI is InChI=1S/C14H28N2/c1-2-6-12-9-13(15)11-16(10-12)14-7-4-3-5-8-14/h12-14H,2-11,15H2,1H3. The van der Waals surface area contributed by atoms with E-state index in [0.717, 1.165) is 18.5 Å².